The summed E-state index contributed by atoms with van der Waals surface area (Å²) in [6.45, 7) is 0. The minimum atomic E-state index is 0.949. The van der Waals surface area contributed by atoms with Crippen LogP contribution in [0.1, 0.15) is 0 Å². The van der Waals surface area contributed by atoms with E-state index in [9.17, 15) is 0 Å². The predicted molar refractivity (Wildman–Crippen MR) is 75.6 cm³/mol. The normalized spacial score (nSPS) is 10.1. The molecular formula is C15H12N4. The molecule has 0 unspecified atom stereocenters. The molecule has 1 N–H and O–H groups in total. The molecular weight excluding hydrogens is 236 g/mol. The quantitative estimate of drug-likeness (QED) is 0.520. The number of nitrogens with zero attached hydrogens (tertiary/aromatic N) is 3. The first-order valence-electron chi connectivity index (χ1n) is 5.98. The molecule has 0 aliphatic heterocycles. The number of hydrogen-bond acceptors (Lipinski definition) is 3. The van der Waals surface area contributed by atoms with Crippen LogP contribution in [0.2, 0.25) is 0 Å². The molecule has 2 aromatic heterocycles. The first kappa shape index (κ1) is 11.3. The van der Waals surface area contributed by atoms with Crippen molar-refractivity contribution >= 4 is 21.8 Å². The summed E-state index contributed by atoms with van der Waals surface area (Å²) >= 11 is 0. The maximum absolute atomic E-state index is 3.93. The van der Waals surface area contributed by atoms with Crippen molar-refractivity contribution in [3.8, 4) is 0 Å². The van der Waals surface area contributed by atoms with E-state index in [0.717, 1.165) is 21.8 Å². The van der Waals surface area contributed by atoms with Gasteiger partial charge in [-0.3, -0.25) is 5.10 Å². The van der Waals surface area contributed by atoms with Crippen LogP contribution < -0.4 is 0 Å². The molecule has 0 saturated heterocycles. The zero-order valence-electron chi connectivity index (χ0n) is 10.2. The van der Waals surface area contributed by atoms with Gasteiger partial charge >= 0.3 is 0 Å². The summed E-state index contributed by atoms with van der Waals surface area (Å²) in [4.78, 5) is 0. The Hall–Kier alpha value is -2.75. The lowest BCUT2D eigenvalue weighted by atomic mass is 10.2. The van der Waals surface area contributed by atoms with Crippen molar-refractivity contribution in [2.75, 3.05) is 0 Å². The number of aromatic amines is 1. The smallest absolute Gasteiger partial charge is 0.0929 e. The van der Waals surface area contributed by atoms with E-state index >= 15 is 0 Å². The molecule has 2 heterocycles. The SMILES string of the molecule is c1ccc2[nH]ncc2c1.c1ccc2nnccc2c1. The van der Waals surface area contributed by atoms with Gasteiger partial charge in [0.25, 0.3) is 0 Å². The number of hydrogen-bond donors (Lipinski definition) is 1. The van der Waals surface area contributed by atoms with Crippen LogP contribution in [-0.4, -0.2) is 20.4 Å². The van der Waals surface area contributed by atoms with Crippen molar-refractivity contribution in [3.05, 3.63) is 67.0 Å². The lowest BCUT2D eigenvalue weighted by molar-refractivity contribution is 1.08. The van der Waals surface area contributed by atoms with Crippen LogP contribution >= 0.6 is 0 Å². The van der Waals surface area contributed by atoms with E-state index in [4.69, 9.17) is 0 Å². The van der Waals surface area contributed by atoms with Crippen LogP contribution in [0.25, 0.3) is 21.8 Å². The second kappa shape index (κ2) is 5.27. The number of para-hydroxylation sites is 1. The number of H-pyrrole nitrogens is 1. The van der Waals surface area contributed by atoms with E-state index in [1.165, 1.54) is 0 Å². The van der Waals surface area contributed by atoms with Gasteiger partial charge in [-0.1, -0.05) is 36.4 Å². The Morgan fingerprint density at radius 2 is 1.58 bits per heavy atom. The Kier molecular flexibility index (Phi) is 3.14. The highest BCUT2D eigenvalue weighted by Crippen LogP contribution is 2.07. The molecule has 0 amide bonds. The van der Waals surface area contributed by atoms with Crippen LogP contribution in [0.3, 0.4) is 0 Å². The maximum Gasteiger partial charge on any atom is 0.0929 e. The van der Waals surface area contributed by atoms with Gasteiger partial charge in [-0.15, -0.1) is 0 Å². The summed E-state index contributed by atoms with van der Waals surface area (Å²) in [6.07, 6.45) is 3.51. The zero-order chi connectivity index (χ0) is 12.9. The molecule has 2 aromatic carbocycles. The molecule has 4 heteroatoms. The molecule has 0 aliphatic carbocycles. The second-order valence-corrected chi connectivity index (χ2v) is 4.05. The average Bonchev–Trinajstić information content (AvgIpc) is 2.96. The molecule has 4 aromatic rings. The van der Waals surface area contributed by atoms with Gasteiger partial charge in [0.1, 0.15) is 0 Å². The van der Waals surface area contributed by atoms with Gasteiger partial charge in [0, 0.05) is 10.8 Å². The molecule has 4 nitrogen and oxygen atoms in total. The first-order valence-corrected chi connectivity index (χ1v) is 5.98. The number of fused-ring (bicyclic) bond motifs is 2. The Morgan fingerprint density at radius 3 is 2.42 bits per heavy atom. The lowest BCUT2D eigenvalue weighted by Crippen LogP contribution is -1.79. The summed E-state index contributed by atoms with van der Waals surface area (Å²) in [6, 6.07) is 17.9. The molecule has 19 heavy (non-hydrogen) atoms. The Labute approximate surface area is 110 Å². The van der Waals surface area contributed by atoms with E-state index in [2.05, 4.69) is 20.4 Å². The molecule has 0 bridgehead atoms. The van der Waals surface area contributed by atoms with Crippen molar-refractivity contribution in [3.63, 3.8) is 0 Å². The molecule has 0 saturated carbocycles. The highest BCUT2D eigenvalue weighted by molar-refractivity contribution is 5.77. The van der Waals surface area contributed by atoms with Crippen molar-refractivity contribution in [2.45, 2.75) is 0 Å². The fourth-order valence-corrected chi connectivity index (χ4v) is 1.81. The molecule has 4 rings (SSSR count). The van der Waals surface area contributed by atoms with E-state index in [1.807, 2.05) is 60.8 Å². The molecule has 0 atom stereocenters. The standard InChI is InChI=1S/C8H6N2.C7H6N2/c1-2-4-8-7(3-1)5-6-9-10-8;1-2-4-7-6(3-1)5-8-9-7/h1-6H;1-5H,(H,8,9). The molecule has 0 fully saturated rings. The number of aromatic nitrogens is 4. The average molecular weight is 248 g/mol. The lowest BCUT2D eigenvalue weighted by Gasteiger charge is -1.90. The van der Waals surface area contributed by atoms with Gasteiger partial charge in [0.05, 0.1) is 23.4 Å². The van der Waals surface area contributed by atoms with Crippen LogP contribution in [-0.2, 0) is 0 Å². The monoisotopic (exact) mass is 248 g/mol. The predicted octanol–water partition coefficient (Wildman–Crippen LogP) is 3.19. The van der Waals surface area contributed by atoms with Gasteiger partial charge in [-0.25, -0.2) is 0 Å². The van der Waals surface area contributed by atoms with E-state index in [0.29, 0.717) is 0 Å². The highest BCUT2D eigenvalue weighted by atomic mass is 15.1. The van der Waals surface area contributed by atoms with Gasteiger partial charge in [0.15, 0.2) is 0 Å². The van der Waals surface area contributed by atoms with E-state index < -0.39 is 0 Å². The molecule has 0 spiro atoms. The van der Waals surface area contributed by atoms with Gasteiger partial charge in [0.2, 0.25) is 0 Å². The van der Waals surface area contributed by atoms with Crippen molar-refractivity contribution < 1.29 is 0 Å². The van der Waals surface area contributed by atoms with Gasteiger partial charge in [-0.2, -0.15) is 15.3 Å². The molecule has 0 aliphatic rings. The van der Waals surface area contributed by atoms with E-state index in [-0.39, 0.29) is 0 Å². The van der Waals surface area contributed by atoms with Crippen molar-refractivity contribution in [1.82, 2.24) is 20.4 Å². The summed E-state index contributed by atoms with van der Waals surface area (Å²) in [5, 5.41) is 16.7. The summed E-state index contributed by atoms with van der Waals surface area (Å²) in [5.41, 5.74) is 2.04. The topological polar surface area (TPSA) is 54.5 Å². The summed E-state index contributed by atoms with van der Waals surface area (Å²) in [5.74, 6) is 0. The largest absolute Gasteiger partial charge is 0.278 e. The Bertz CT molecular complexity index is 696. The minimum Gasteiger partial charge on any atom is -0.278 e. The molecule has 92 valence electrons. The van der Waals surface area contributed by atoms with E-state index in [1.54, 1.807) is 6.20 Å². The third-order valence-corrected chi connectivity index (χ3v) is 2.77. The van der Waals surface area contributed by atoms with Gasteiger partial charge < -0.3 is 0 Å². The third kappa shape index (κ3) is 2.57. The Balaban J connectivity index is 0.000000117. The maximum atomic E-state index is 3.93. The van der Waals surface area contributed by atoms with Crippen LogP contribution in [0.5, 0.6) is 0 Å². The number of rotatable bonds is 0. The van der Waals surface area contributed by atoms with Crippen LogP contribution in [0.4, 0.5) is 0 Å². The highest BCUT2D eigenvalue weighted by Gasteiger charge is 1.88. The fraction of sp³-hybridized carbons (Fsp3) is 0. The van der Waals surface area contributed by atoms with Crippen molar-refractivity contribution in [1.29, 1.82) is 0 Å². The zero-order valence-corrected chi connectivity index (χ0v) is 10.2. The van der Waals surface area contributed by atoms with Crippen molar-refractivity contribution in [2.24, 2.45) is 0 Å². The Morgan fingerprint density at radius 1 is 0.789 bits per heavy atom. The first-order chi connectivity index (χ1) is 9.43. The van der Waals surface area contributed by atoms with Crippen LogP contribution in [0.15, 0.2) is 67.0 Å². The number of nitrogens with one attached hydrogen (secondary N) is 1. The molecule has 0 radical (unpaired) electrons. The summed E-state index contributed by atoms with van der Waals surface area (Å²) in [7, 11) is 0. The minimum absolute atomic E-state index is 0.949. The number of benzene rings is 2. The summed E-state index contributed by atoms with van der Waals surface area (Å²) < 4.78 is 0. The van der Waals surface area contributed by atoms with Crippen LogP contribution in [0, 0.1) is 0 Å². The second-order valence-electron chi connectivity index (χ2n) is 4.05. The fourth-order valence-electron chi connectivity index (χ4n) is 1.81. The van der Waals surface area contributed by atoms with Gasteiger partial charge in [-0.05, 0) is 18.2 Å². The third-order valence-electron chi connectivity index (χ3n) is 2.77.